The van der Waals surface area contributed by atoms with Crippen LogP contribution in [-0.4, -0.2) is 43.4 Å². The van der Waals surface area contributed by atoms with Crippen LogP contribution in [-0.2, 0) is 4.79 Å². The van der Waals surface area contributed by atoms with Crippen LogP contribution in [0.15, 0.2) is 59.9 Å². The average Bonchev–Trinajstić information content (AvgIpc) is 3.77. The molecule has 2 heterocycles. The maximum atomic E-state index is 12.8. The number of thioether (sulfide) groups is 1. The molecule has 0 saturated heterocycles. The number of fused-ring (bicyclic) bond motifs is 1. The van der Waals surface area contributed by atoms with Gasteiger partial charge in [0.1, 0.15) is 0 Å². The summed E-state index contributed by atoms with van der Waals surface area (Å²) in [6.45, 7) is 0. The molecule has 4 aromatic rings. The van der Waals surface area contributed by atoms with Crippen LogP contribution in [0.2, 0.25) is 0 Å². The van der Waals surface area contributed by atoms with E-state index >= 15 is 0 Å². The zero-order valence-electron chi connectivity index (χ0n) is 18.5. The van der Waals surface area contributed by atoms with E-state index in [2.05, 4.69) is 36.4 Å². The second kappa shape index (κ2) is 8.64. The van der Waals surface area contributed by atoms with Crippen molar-refractivity contribution in [2.45, 2.75) is 42.9 Å². The third-order valence-electron chi connectivity index (χ3n) is 6.10. The van der Waals surface area contributed by atoms with Crippen molar-refractivity contribution in [2.75, 3.05) is 11.1 Å². The van der Waals surface area contributed by atoms with Gasteiger partial charge in [-0.05, 0) is 43.9 Å². The zero-order valence-corrected chi connectivity index (χ0v) is 19.3. The van der Waals surface area contributed by atoms with Crippen molar-refractivity contribution >= 4 is 40.2 Å². The van der Waals surface area contributed by atoms with E-state index in [4.69, 9.17) is 0 Å². The molecule has 34 heavy (non-hydrogen) atoms. The molecule has 2 aromatic carbocycles. The summed E-state index contributed by atoms with van der Waals surface area (Å²) >= 11 is 1.37. The number of amides is 2. The SMILES string of the molecule is O=C(CSc1nnc(-c2c[nH]c3ccccc23)n1C1CC1)Nc1ccccc1C(=O)NC1CC1. The van der Waals surface area contributed by atoms with Gasteiger partial charge >= 0.3 is 0 Å². The molecule has 2 amide bonds. The lowest BCUT2D eigenvalue weighted by atomic mass is 10.1. The van der Waals surface area contributed by atoms with E-state index in [-0.39, 0.29) is 23.6 Å². The van der Waals surface area contributed by atoms with E-state index < -0.39 is 0 Å². The first-order valence-corrected chi connectivity index (χ1v) is 12.5. The van der Waals surface area contributed by atoms with E-state index in [1.54, 1.807) is 18.2 Å². The van der Waals surface area contributed by atoms with Crippen molar-refractivity contribution in [3.8, 4) is 11.4 Å². The number of aromatic nitrogens is 4. The fraction of sp³-hybridized carbons (Fsp3) is 0.280. The third kappa shape index (κ3) is 4.19. The molecule has 0 bridgehead atoms. The number of carbonyl (C=O) groups is 2. The molecule has 3 N–H and O–H groups in total. The van der Waals surface area contributed by atoms with Crippen LogP contribution in [0.1, 0.15) is 42.1 Å². The number of nitrogens with one attached hydrogen (secondary N) is 3. The van der Waals surface area contributed by atoms with Crippen LogP contribution < -0.4 is 10.6 Å². The van der Waals surface area contributed by atoms with Crippen LogP contribution in [0.3, 0.4) is 0 Å². The number of nitrogens with zero attached hydrogens (tertiary/aromatic N) is 3. The maximum absolute atomic E-state index is 12.8. The first kappa shape index (κ1) is 21.0. The lowest BCUT2D eigenvalue weighted by Crippen LogP contribution is -2.27. The topological polar surface area (TPSA) is 105 Å². The molecular formula is C25H24N6O2S. The summed E-state index contributed by atoms with van der Waals surface area (Å²) < 4.78 is 2.16. The minimum atomic E-state index is -0.185. The van der Waals surface area contributed by atoms with Crippen molar-refractivity contribution in [1.82, 2.24) is 25.1 Å². The quantitative estimate of drug-likeness (QED) is 0.330. The number of rotatable bonds is 8. The Morgan fingerprint density at radius 1 is 1.03 bits per heavy atom. The van der Waals surface area contributed by atoms with Gasteiger partial charge in [-0.15, -0.1) is 10.2 Å². The highest BCUT2D eigenvalue weighted by molar-refractivity contribution is 7.99. The molecule has 2 fully saturated rings. The van der Waals surface area contributed by atoms with E-state index in [1.807, 2.05) is 30.5 Å². The van der Waals surface area contributed by atoms with Crippen LogP contribution in [0, 0.1) is 0 Å². The Bertz CT molecular complexity index is 1390. The highest BCUT2D eigenvalue weighted by Gasteiger charge is 2.31. The molecule has 6 rings (SSSR count). The Morgan fingerprint density at radius 2 is 1.82 bits per heavy atom. The van der Waals surface area contributed by atoms with Crippen molar-refractivity contribution in [2.24, 2.45) is 0 Å². The zero-order chi connectivity index (χ0) is 23.1. The number of H-pyrrole nitrogens is 1. The number of para-hydroxylation sites is 2. The smallest absolute Gasteiger partial charge is 0.253 e. The molecule has 0 unspecified atom stereocenters. The highest BCUT2D eigenvalue weighted by atomic mass is 32.2. The van der Waals surface area contributed by atoms with Gasteiger partial charge in [-0.3, -0.25) is 14.2 Å². The van der Waals surface area contributed by atoms with Gasteiger partial charge in [0, 0.05) is 34.7 Å². The molecule has 9 heteroatoms. The molecule has 8 nitrogen and oxygen atoms in total. The van der Waals surface area contributed by atoms with Gasteiger partial charge < -0.3 is 15.6 Å². The minimum Gasteiger partial charge on any atom is -0.360 e. The number of hydrogen-bond acceptors (Lipinski definition) is 5. The summed E-state index contributed by atoms with van der Waals surface area (Å²) in [5.41, 5.74) is 3.08. The Kier molecular flexibility index (Phi) is 5.33. The maximum Gasteiger partial charge on any atom is 0.253 e. The number of carbonyl (C=O) groups excluding carboxylic acids is 2. The number of benzene rings is 2. The Balaban J connectivity index is 1.18. The van der Waals surface area contributed by atoms with Crippen molar-refractivity contribution in [3.63, 3.8) is 0 Å². The summed E-state index contributed by atoms with van der Waals surface area (Å²) in [6.07, 6.45) is 6.16. The molecule has 172 valence electrons. The Hall–Kier alpha value is -3.59. The summed E-state index contributed by atoms with van der Waals surface area (Å²) in [5.74, 6) is 0.667. The molecule has 2 aliphatic carbocycles. The summed E-state index contributed by atoms with van der Waals surface area (Å²) in [6, 6.07) is 15.8. The van der Waals surface area contributed by atoms with E-state index in [1.165, 1.54) is 11.8 Å². The summed E-state index contributed by atoms with van der Waals surface area (Å²) in [4.78, 5) is 28.6. The van der Waals surface area contributed by atoms with Gasteiger partial charge in [-0.25, -0.2) is 0 Å². The molecule has 0 aliphatic heterocycles. The fourth-order valence-corrected chi connectivity index (χ4v) is 4.88. The largest absolute Gasteiger partial charge is 0.360 e. The summed E-state index contributed by atoms with van der Waals surface area (Å²) in [7, 11) is 0. The second-order valence-corrected chi connectivity index (χ2v) is 9.73. The Labute approximate surface area is 200 Å². The molecule has 2 aromatic heterocycles. The molecule has 0 spiro atoms. The third-order valence-corrected chi connectivity index (χ3v) is 7.04. The predicted octanol–water partition coefficient (Wildman–Crippen LogP) is 4.38. The lowest BCUT2D eigenvalue weighted by Gasteiger charge is -2.11. The van der Waals surface area contributed by atoms with Gasteiger partial charge in [0.05, 0.1) is 17.0 Å². The van der Waals surface area contributed by atoms with Crippen molar-refractivity contribution < 1.29 is 9.59 Å². The van der Waals surface area contributed by atoms with Crippen LogP contribution in [0.5, 0.6) is 0 Å². The molecule has 0 atom stereocenters. The van der Waals surface area contributed by atoms with Gasteiger partial charge in [-0.1, -0.05) is 42.1 Å². The average molecular weight is 473 g/mol. The first-order valence-electron chi connectivity index (χ1n) is 11.5. The number of hydrogen-bond donors (Lipinski definition) is 3. The van der Waals surface area contributed by atoms with Crippen LogP contribution in [0.25, 0.3) is 22.3 Å². The van der Waals surface area contributed by atoms with Gasteiger partial charge in [0.2, 0.25) is 5.91 Å². The predicted molar refractivity (Wildman–Crippen MR) is 132 cm³/mol. The summed E-state index contributed by atoms with van der Waals surface area (Å²) in [5, 5.41) is 16.6. The lowest BCUT2D eigenvalue weighted by molar-refractivity contribution is -0.113. The number of aromatic amines is 1. The minimum absolute atomic E-state index is 0.150. The first-order chi connectivity index (χ1) is 16.7. The van der Waals surface area contributed by atoms with Crippen LogP contribution >= 0.6 is 11.8 Å². The Morgan fingerprint density at radius 3 is 2.65 bits per heavy atom. The van der Waals surface area contributed by atoms with E-state index in [0.717, 1.165) is 53.1 Å². The molecule has 0 radical (unpaired) electrons. The van der Waals surface area contributed by atoms with Gasteiger partial charge in [-0.2, -0.15) is 0 Å². The number of anilines is 1. The van der Waals surface area contributed by atoms with Crippen LogP contribution in [0.4, 0.5) is 5.69 Å². The van der Waals surface area contributed by atoms with E-state index in [0.29, 0.717) is 17.3 Å². The highest BCUT2D eigenvalue weighted by Crippen LogP contribution is 2.42. The molecular weight excluding hydrogens is 448 g/mol. The van der Waals surface area contributed by atoms with E-state index in [9.17, 15) is 9.59 Å². The normalized spacial score (nSPS) is 15.4. The van der Waals surface area contributed by atoms with Gasteiger partial charge in [0.15, 0.2) is 11.0 Å². The van der Waals surface area contributed by atoms with Crippen molar-refractivity contribution in [1.29, 1.82) is 0 Å². The van der Waals surface area contributed by atoms with Crippen molar-refractivity contribution in [3.05, 3.63) is 60.3 Å². The second-order valence-electron chi connectivity index (χ2n) is 8.79. The monoisotopic (exact) mass is 472 g/mol. The van der Waals surface area contributed by atoms with Gasteiger partial charge in [0.25, 0.3) is 5.91 Å². The fourth-order valence-electron chi connectivity index (χ4n) is 4.07. The standard InChI is InChI=1S/C25H24N6O2S/c32-22(28-21-8-4-2-6-18(21)24(33)27-15-9-10-15)14-34-25-30-29-23(31(25)16-11-12-16)19-13-26-20-7-3-1-5-17(19)20/h1-8,13,15-16,26H,9-12,14H2,(H,27,33)(H,28,32). The molecule has 2 saturated carbocycles. The molecule has 2 aliphatic rings.